The normalized spacial score (nSPS) is 45.1. The molecule has 0 N–H and O–H groups in total. The first-order valence-electron chi connectivity index (χ1n) is 6.67. The predicted molar refractivity (Wildman–Crippen MR) is 65.0 cm³/mol. The minimum absolute atomic E-state index is 0.273. The average molecular weight is 218 g/mol. The Kier molecular flexibility index (Phi) is 1.98. The molecule has 3 saturated carbocycles. The highest BCUT2D eigenvalue weighted by atomic mass is 16.1. The summed E-state index contributed by atoms with van der Waals surface area (Å²) >= 11 is 0. The number of ketones is 1. The van der Waals surface area contributed by atoms with Crippen LogP contribution in [-0.2, 0) is 4.79 Å². The molecule has 0 saturated heterocycles. The lowest BCUT2D eigenvalue weighted by Gasteiger charge is -2.61. The molecule has 3 fully saturated rings. The number of carbonyl (C=O) groups excluding carboxylic acids is 1. The third kappa shape index (κ3) is 1.10. The van der Waals surface area contributed by atoms with E-state index in [-0.39, 0.29) is 5.92 Å². The first-order chi connectivity index (χ1) is 7.43. The zero-order valence-corrected chi connectivity index (χ0v) is 10.8. The highest BCUT2D eigenvalue weighted by Crippen LogP contribution is 2.65. The number of rotatable bonds is 0. The lowest BCUT2D eigenvalue weighted by Crippen LogP contribution is -2.54. The van der Waals surface area contributed by atoms with Crippen LogP contribution in [0.1, 0.15) is 47.0 Å². The van der Waals surface area contributed by atoms with Crippen LogP contribution in [0.2, 0.25) is 0 Å². The Labute approximate surface area is 98.3 Å². The number of Topliss-reactive ketones (excluding diaryl/α,β-unsaturated/α-hetero) is 1. The van der Waals surface area contributed by atoms with Crippen molar-refractivity contribution in [3.8, 4) is 0 Å². The van der Waals surface area contributed by atoms with Crippen molar-refractivity contribution in [3.63, 3.8) is 0 Å². The zero-order valence-electron chi connectivity index (χ0n) is 10.8. The van der Waals surface area contributed by atoms with E-state index in [4.69, 9.17) is 0 Å². The van der Waals surface area contributed by atoms with Gasteiger partial charge in [0.2, 0.25) is 0 Å². The Bertz CT molecular complexity index is 388. The molecule has 0 spiro atoms. The van der Waals surface area contributed by atoms with Crippen LogP contribution in [0.3, 0.4) is 0 Å². The van der Waals surface area contributed by atoms with Gasteiger partial charge in [-0.25, -0.2) is 0 Å². The van der Waals surface area contributed by atoms with Gasteiger partial charge >= 0.3 is 0 Å². The molecular weight excluding hydrogens is 196 g/mol. The van der Waals surface area contributed by atoms with E-state index < -0.39 is 0 Å². The molecule has 16 heavy (non-hydrogen) atoms. The lowest BCUT2D eigenvalue weighted by molar-refractivity contribution is -0.122. The molecule has 4 aliphatic carbocycles. The Morgan fingerprint density at radius 2 is 1.88 bits per heavy atom. The molecule has 2 bridgehead atoms. The SMILES string of the molecule is CC1=C2[C@@H](C[C@H]3C[C@@H]2C3(C)C)C[C@@H](C)C1=O. The maximum atomic E-state index is 12.1. The van der Waals surface area contributed by atoms with E-state index in [1.165, 1.54) is 12.8 Å². The summed E-state index contributed by atoms with van der Waals surface area (Å²) in [7, 11) is 0. The average Bonchev–Trinajstić information content (AvgIpc) is 2.25. The monoisotopic (exact) mass is 218 g/mol. The molecule has 88 valence electrons. The van der Waals surface area contributed by atoms with Gasteiger partial charge < -0.3 is 0 Å². The molecule has 0 aromatic carbocycles. The van der Waals surface area contributed by atoms with Gasteiger partial charge in [-0.15, -0.1) is 0 Å². The highest BCUT2D eigenvalue weighted by Gasteiger charge is 2.57. The summed E-state index contributed by atoms with van der Waals surface area (Å²) < 4.78 is 0. The van der Waals surface area contributed by atoms with E-state index in [1.807, 2.05) is 0 Å². The first-order valence-corrected chi connectivity index (χ1v) is 6.67. The van der Waals surface area contributed by atoms with Crippen LogP contribution in [0.4, 0.5) is 0 Å². The minimum atomic E-state index is 0.273. The van der Waals surface area contributed by atoms with E-state index in [1.54, 1.807) is 5.57 Å². The first kappa shape index (κ1) is 10.6. The zero-order chi connectivity index (χ0) is 11.7. The van der Waals surface area contributed by atoms with Crippen molar-refractivity contribution in [1.29, 1.82) is 0 Å². The number of carbonyl (C=O) groups is 1. The lowest BCUT2D eigenvalue weighted by atomic mass is 9.43. The van der Waals surface area contributed by atoms with Crippen LogP contribution >= 0.6 is 0 Å². The molecule has 1 nitrogen and oxygen atoms in total. The van der Waals surface area contributed by atoms with Crippen molar-refractivity contribution in [3.05, 3.63) is 11.1 Å². The molecule has 4 rings (SSSR count). The summed E-state index contributed by atoms with van der Waals surface area (Å²) in [6.45, 7) is 8.97. The maximum absolute atomic E-state index is 12.1. The van der Waals surface area contributed by atoms with Crippen molar-refractivity contribution in [2.45, 2.75) is 47.0 Å². The van der Waals surface area contributed by atoms with Gasteiger partial charge in [0.05, 0.1) is 0 Å². The van der Waals surface area contributed by atoms with Gasteiger partial charge in [0.25, 0.3) is 0 Å². The molecular formula is C15H22O. The highest BCUT2D eigenvalue weighted by molar-refractivity contribution is 5.98. The van der Waals surface area contributed by atoms with Crippen molar-refractivity contribution in [1.82, 2.24) is 0 Å². The number of hydrogen-bond acceptors (Lipinski definition) is 1. The Morgan fingerprint density at radius 3 is 2.50 bits per heavy atom. The summed E-state index contributed by atoms with van der Waals surface area (Å²) in [5.74, 6) is 3.07. The van der Waals surface area contributed by atoms with Crippen molar-refractivity contribution < 1.29 is 4.79 Å². The number of allylic oxidation sites excluding steroid dienone is 2. The molecule has 0 aromatic heterocycles. The second-order valence-corrected chi connectivity index (χ2v) is 6.82. The van der Waals surface area contributed by atoms with Gasteiger partial charge in [-0.05, 0) is 54.9 Å². The van der Waals surface area contributed by atoms with Gasteiger partial charge in [-0.3, -0.25) is 4.79 Å². The molecule has 0 amide bonds. The molecule has 1 heteroatoms. The van der Waals surface area contributed by atoms with Gasteiger partial charge in [0.15, 0.2) is 5.78 Å². The van der Waals surface area contributed by atoms with Crippen LogP contribution in [0.5, 0.6) is 0 Å². The summed E-state index contributed by atoms with van der Waals surface area (Å²) in [5, 5.41) is 0. The third-order valence-corrected chi connectivity index (χ3v) is 5.74. The van der Waals surface area contributed by atoms with Crippen LogP contribution in [0.15, 0.2) is 11.1 Å². The van der Waals surface area contributed by atoms with Crippen molar-refractivity contribution >= 4 is 5.78 Å². The van der Waals surface area contributed by atoms with E-state index in [0.29, 0.717) is 17.1 Å². The summed E-state index contributed by atoms with van der Waals surface area (Å²) in [5.41, 5.74) is 3.14. The molecule has 4 aliphatic rings. The van der Waals surface area contributed by atoms with E-state index >= 15 is 0 Å². The van der Waals surface area contributed by atoms with Crippen LogP contribution < -0.4 is 0 Å². The van der Waals surface area contributed by atoms with E-state index in [0.717, 1.165) is 23.8 Å². The van der Waals surface area contributed by atoms with Crippen molar-refractivity contribution in [2.75, 3.05) is 0 Å². The molecule has 0 aliphatic heterocycles. The standard InChI is InChI=1S/C15H22O/c1-8-5-10-6-11-7-12(15(11,3)4)13(10)9(2)14(8)16/h8,10-12H,5-7H2,1-4H3/t8-,10-,11+,12+/m1/s1. The summed E-state index contributed by atoms with van der Waals surface area (Å²) in [6, 6.07) is 0. The smallest absolute Gasteiger partial charge is 0.161 e. The largest absolute Gasteiger partial charge is 0.294 e. The molecule has 0 aromatic rings. The molecule has 0 radical (unpaired) electrons. The fraction of sp³-hybridized carbons (Fsp3) is 0.800. The number of hydrogen-bond donors (Lipinski definition) is 0. The van der Waals surface area contributed by atoms with Gasteiger partial charge in [0.1, 0.15) is 0 Å². The van der Waals surface area contributed by atoms with E-state index in [2.05, 4.69) is 27.7 Å². The van der Waals surface area contributed by atoms with E-state index in [9.17, 15) is 4.79 Å². The van der Waals surface area contributed by atoms with Gasteiger partial charge in [-0.1, -0.05) is 26.3 Å². The molecule has 0 heterocycles. The topological polar surface area (TPSA) is 17.1 Å². The molecule has 0 unspecified atom stereocenters. The summed E-state index contributed by atoms with van der Waals surface area (Å²) in [6.07, 6.45) is 3.81. The Balaban J connectivity index is 2.05. The van der Waals surface area contributed by atoms with Crippen LogP contribution in [0.25, 0.3) is 0 Å². The van der Waals surface area contributed by atoms with Gasteiger partial charge in [-0.2, -0.15) is 0 Å². The quantitative estimate of drug-likeness (QED) is 0.607. The Morgan fingerprint density at radius 1 is 1.19 bits per heavy atom. The van der Waals surface area contributed by atoms with Crippen LogP contribution in [-0.4, -0.2) is 5.78 Å². The minimum Gasteiger partial charge on any atom is -0.294 e. The second-order valence-electron chi connectivity index (χ2n) is 6.82. The summed E-state index contributed by atoms with van der Waals surface area (Å²) in [4.78, 5) is 12.1. The second kappa shape index (κ2) is 3.00. The predicted octanol–water partition coefficient (Wildman–Crippen LogP) is 3.59. The third-order valence-electron chi connectivity index (χ3n) is 5.74. The maximum Gasteiger partial charge on any atom is 0.161 e. The van der Waals surface area contributed by atoms with Gasteiger partial charge in [0, 0.05) is 5.92 Å². The van der Waals surface area contributed by atoms with Crippen LogP contribution in [0, 0.1) is 29.1 Å². The molecule has 4 atom stereocenters. The fourth-order valence-electron chi connectivity index (χ4n) is 4.54. The Hall–Kier alpha value is -0.590. The fourth-order valence-corrected chi connectivity index (χ4v) is 4.54. The van der Waals surface area contributed by atoms with Crippen molar-refractivity contribution in [2.24, 2.45) is 29.1 Å².